The van der Waals surface area contributed by atoms with Gasteiger partial charge in [-0.05, 0) is 55.2 Å². The Balaban J connectivity index is 1.56. The van der Waals surface area contributed by atoms with Crippen LogP contribution in [0.2, 0.25) is 0 Å². The number of hydrogen-bond acceptors (Lipinski definition) is 5. The van der Waals surface area contributed by atoms with E-state index in [0.29, 0.717) is 23.7 Å². The second kappa shape index (κ2) is 8.67. The molecule has 2 aromatic carbocycles. The summed E-state index contributed by atoms with van der Waals surface area (Å²) in [5.41, 5.74) is 5.49. The first-order chi connectivity index (χ1) is 16.4. The largest absolute Gasteiger partial charge is 0.478 e. The van der Waals surface area contributed by atoms with Crippen LogP contribution in [0.4, 0.5) is 11.5 Å². The minimum Gasteiger partial charge on any atom is -0.478 e. The first-order valence-electron chi connectivity index (χ1n) is 11.4. The fourth-order valence-electron chi connectivity index (χ4n) is 4.64. The minimum absolute atomic E-state index is 0.137. The SMILES string of the molecule is Cc1cc([C@H](C)Nc2ccccc2C(=O)O)c2nc(N3CCc4ccccc4C3)cc(=O)n2c1. The third kappa shape index (κ3) is 4.01. The van der Waals surface area contributed by atoms with E-state index in [2.05, 4.69) is 28.4 Å². The fourth-order valence-corrected chi connectivity index (χ4v) is 4.64. The van der Waals surface area contributed by atoms with Crippen molar-refractivity contribution in [3.05, 3.63) is 105 Å². The van der Waals surface area contributed by atoms with Gasteiger partial charge in [0.25, 0.3) is 5.56 Å². The summed E-state index contributed by atoms with van der Waals surface area (Å²) in [6.45, 7) is 5.38. The number of carboxylic acids is 1. The summed E-state index contributed by atoms with van der Waals surface area (Å²) in [6, 6.07) is 18.5. The number of benzene rings is 2. The van der Waals surface area contributed by atoms with E-state index in [1.165, 1.54) is 11.1 Å². The van der Waals surface area contributed by atoms with E-state index in [1.54, 1.807) is 40.9 Å². The maximum atomic E-state index is 13.1. The lowest BCUT2D eigenvalue weighted by molar-refractivity contribution is 0.0698. The molecule has 1 aliphatic heterocycles. The molecule has 1 aliphatic rings. The topological polar surface area (TPSA) is 86.9 Å². The predicted molar refractivity (Wildman–Crippen MR) is 133 cm³/mol. The number of carboxylic acid groups (broad SMARTS) is 1. The van der Waals surface area contributed by atoms with Crippen LogP contribution in [0.1, 0.15) is 45.6 Å². The van der Waals surface area contributed by atoms with E-state index in [9.17, 15) is 14.7 Å². The lowest BCUT2D eigenvalue weighted by Crippen LogP contribution is -2.32. The Labute approximate surface area is 197 Å². The monoisotopic (exact) mass is 454 g/mol. The van der Waals surface area contributed by atoms with Crippen LogP contribution in [-0.2, 0) is 13.0 Å². The summed E-state index contributed by atoms with van der Waals surface area (Å²) in [4.78, 5) is 31.8. The smallest absolute Gasteiger partial charge is 0.337 e. The van der Waals surface area contributed by atoms with E-state index in [-0.39, 0.29) is 17.2 Å². The molecular formula is C27H26N4O3. The second-order valence-corrected chi connectivity index (χ2v) is 8.78. The van der Waals surface area contributed by atoms with E-state index >= 15 is 0 Å². The molecule has 3 heterocycles. The first-order valence-corrected chi connectivity index (χ1v) is 11.4. The highest BCUT2D eigenvalue weighted by molar-refractivity contribution is 5.94. The van der Waals surface area contributed by atoms with Crippen molar-refractivity contribution >= 4 is 23.1 Å². The quantitative estimate of drug-likeness (QED) is 0.464. The van der Waals surface area contributed by atoms with Gasteiger partial charge in [-0.2, -0.15) is 0 Å². The number of aryl methyl sites for hydroxylation is 1. The molecule has 2 aromatic heterocycles. The van der Waals surface area contributed by atoms with Crippen molar-refractivity contribution in [1.82, 2.24) is 9.38 Å². The molecule has 172 valence electrons. The number of nitrogens with zero attached hydrogens (tertiary/aromatic N) is 3. The van der Waals surface area contributed by atoms with Crippen LogP contribution in [0.5, 0.6) is 0 Å². The van der Waals surface area contributed by atoms with Crippen molar-refractivity contribution in [1.29, 1.82) is 0 Å². The molecule has 0 amide bonds. The molecule has 0 saturated carbocycles. The summed E-state index contributed by atoms with van der Waals surface area (Å²) >= 11 is 0. The zero-order valence-electron chi connectivity index (χ0n) is 19.2. The first kappa shape index (κ1) is 21.7. The van der Waals surface area contributed by atoms with Crippen molar-refractivity contribution in [2.45, 2.75) is 32.9 Å². The zero-order valence-corrected chi connectivity index (χ0v) is 19.2. The number of anilines is 2. The van der Waals surface area contributed by atoms with E-state index in [0.717, 1.165) is 24.1 Å². The summed E-state index contributed by atoms with van der Waals surface area (Å²) in [6.07, 6.45) is 2.70. The number of rotatable bonds is 5. The number of pyridine rings is 1. The number of fused-ring (bicyclic) bond motifs is 2. The second-order valence-electron chi connectivity index (χ2n) is 8.78. The molecule has 2 N–H and O–H groups in total. The number of nitrogens with one attached hydrogen (secondary N) is 1. The molecule has 0 bridgehead atoms. The van der Waals surface area contributed by atoms with Gasteiger partial charge in [0.15, 0.2) is 0 Å². The van der Waals surface area contributed by atoms with Gasteiger partial charge in [0.2, 0.25) is 0 Å². The van der Waals surface area contributed by atoms with Gasteiger partial charge in [0, 0.05) is 36.6 Å². The van der Waals surface area contributed by atoms with Crippen LogP contribution >= 0.6 is 0 Å². The van der Waals surface area contributed by atoms with Crippen molar-refractivity contribution in [2.24, 2.45) is 0 Å². The Kier molecular flexibility index (Phi) is 5.53. The highest BCUT2D eigenvalue weighted by Crippen LogP contribution is 2.27. The van der Waals surface area contributed by atoms with Gasteiger partial charge in [0.1, 0.15) is 11.5 Å². The van der Waals surface area contributed by atoms with Crippen LogP contribution in [0.15, 0.2) is 71.7 Å². The maximum absolute atomic E-state index is 13.1. The molecule has 0 fully saturated rings. The Bertz CT molecular complexity index is 1460. The van der Waals surface area contributed by atoms with Gasteiger partial charge in [0.05, 0.1) is 11.6 Å². The third-order valence-corrected chi connectivity index (χ3v) is 6.36. The molecule has 0 radical (unpaired) electrons. The van der Waals surface area contributed by atoms with Crippen LogP contribution in [0.3, 0.4) is 0 Å². The predicted octanol–water partition coefficient (Wildman–Crippen LogP) is 4.44. The third-order valence-electron chi connectivity index (χ3n) is 6.36. The minimum atomic E-state index is -0.994. The van der Waals surface area contributed by atoms with Crippen LogP contribution in [-0.4, -0.2) is 27.0 Å². The number of carbonyl (C=O) groups is 1. The van der Waals surface area contributed by atoms with Gasteiger partial charge in [-0.1, -0.05) is 36.4 Å². The average molecular weight is 455 g/mol. The van der Waals surface area contributed by atoms with Gasteiger partial charge in [-0.3, -0.25) is 9.20 Å². The highest BCUT2D eigenvalue weighted by Gasteiger charge is 2.21. The molecule has 7 nitrogen and oxygen atoms in total. The maximum Gasteiger partial charge on any atom is 0.337 e. The molecule has 0 saturated heterocycles. The fraction of sp³-hybridized carbons (Fsp3) is 0.222. The molecule has 0 spiro atoms. The van der Waals surface area contributed by atoms with Crippen molar-refractivity contribution < 1.29 is 9.90 Å². The van der Waals surface area contributed by atoms with Crippen LogP contribution < -0.4 is 15.8 Å². The lowest BCUT2D eigenvalue weighted by Gasteiger charge is -2.30. The average Bonchev–Trinajstić information content (AvgIpc) is 2.83. The normalized spacial score (nSPS) is 14.0. The lowest BCUT2D eigenvalue weighted by atomic mass is 10.00. The van der Waals surface area contributed by atoms with Crippen LogP contribution in [0, 0.1) is 6.92 Å². The van der Waals surface area contributed by atoms with E-state index in [1.807, 2.05) is 26.0 Å². The molecule has 5 rings (SSSR count). The zero-order chi connectivity index (χ0) is 23.8. The Hall–Kier alpha value is -4.13. The summed E-state index contributed by atoms with van der Waals surface area (Å²) in [5, 5.41) is 12.9. The number of aromatic nitrogens is 2. The Morgan fingerprint density at radius 1 is 1.09 bits per heavy atom. The standard InChI is InChI=1S/C27H26N4O3/c1-17-13-22(18(2)28-23-10-6-5-9-21(23)27(33)34)26-29-24(14-25(32)31(26)15-17)30-12-11-19-7-3-4-8-20(19)16-30/h3-10,13-15,18,28H,11-12,16H2,1-2H3,(H,33,34)/t18-/m0/s1. The Morgan fingerprint density at radius 2 is 1.82 bits per heavy atom. The number of aromatic carboxylic acids is 1. The molecule has 0 unspecified atom stereocenters. The molecule has 4 aromatic rings. The van der Waals surface area contributed by atoms with Crippen molar-refractivity contribution in [3.8, 4) is 0 Å². The Morgan fingerprint density at radius 3 is 2.62 bits per heavy atom. The molecule has 0 aliphatic carbocycles. The van der Waals surface area contributed by atoms with Crippen molar-refractivity contribution in [3.63, 3.8) is 0 Å². The summed E-state index contributed by atoms with van der Waals surface area (Å²) < 4.78 is 1.58. The van der Waals surface area contributed by atoms with Gasteiger partial charge in [-0.15, -0.1) is 0 Å². The number of para-hydroxylation sites is 1. The molecule has 7 heteroatoms. The highest BCUT2D eigenvalue weighted by atomic mass is 16.4. The molecule has 34 heavy (non-hydrogen) atoms. The van der Waals surface area contributed by atoms with Gasteiger partial charge in [-0.25, -0.2) is 9.78 Å². The summed E-state index contributed by atoms with van der Waals surface area (Å²) in [5.74, 6) is -0.339. The van der Waals surface area contributed by atoms with E-state index < -0.39 is 5.97 Å². The summed E-state index contributed by atoms with van der Waals surface area (Å²) in [7, 11) is 0. The van der Waals surface area contributed by atoms with Gasteiger partial charge < -0.3 is 15.3 Å². The van der Waals surface area contributed by atoms with Gasteiger partial charge >= 0.3 is 5.97 Å². The molecule has 1 atom stereocenters. The van der Waals surface area contributed by atoms with Crippen LogP contribution in [0.25, 0.3) is 5.65 Å². The number of hydrogen-bond donors (Lipinski definition) is 2. The van der Waals surface area contributed by atoms with E-state index in [4.69, 9.17) is 4.98 Å². The molecular weight excluding hydrogens is 428 g/mol. The van der Waals surface area contributed by atoms with Crippen molar-refractivity contribution in [2.75, 3.05) is 16.8 Å².